The van der Waals surface area contributed by atoms with Gasteiger partial charge in [-0.3, -0.25) is 38.4 Å². The first kappa shape index (κ1) is 82.7. The molecule has 9 bridgehead atoms. The van der Waals surface area contributed by atoms with Crippen LogP contribution >= 0.6 is 23.2 Å². The van der Waals surface area contributed by atoms with Crippen molar-refractivity contribution in [2.75, 3.05) is 40.1 Å². The number of primary amides is 1. The van der Waals surface area contributed by atoms with Gasteiger partial charge in [0, 0.05) is 30.7 Å². The van der Waals surface area contributed by atoms with Gasteiger partial charge in [-0.2, -0.15) is 0 Å². The van der Waals surface area contributed by atoms with Gasteiger partial charge in [-0.15, -0.1) is 0 Å². The Morgan fingerprint density at radius 1 is 0.681 bits per heavy atom. The molecule has 0 aromatic heterocycles. The van der Waals surface area contributed by atoms with Gasteiger partial charge >= 0.3 is 0 Å². The van der Waals surface area contributed by atoms with Gasteiger partial charge in [0.25, 0.3) is 10.0 Å². The number of carbonyl (C=O) groups is 8. The maximum Gasteiger partial charge on any atom is 0.264 e. The van der Waals surface area contributed by atoms with Gasteiger partial charge in [0.15, 0.2) is 11.5 Å². The molecule has 4 saturated carbocycles. The predicted molar refractivity (Wildman–Crippen MR) is 404 cm³/mol. The predicted octanol–water partition coefficient (Wildman–Crippen LogP) is 2.27. The number of phenols is 1. The summed E-state index contributed by atoms with van der Waals surface area (Å²) in [5.74, 6) is -14.7. The van der Waals surface area contributed by atoms with Crippen molar-refractivity contribution in [3.63, 3.8) is 0 Å². The SMILES string of the molecule is COCCOCCOc1ccc(S(=O)(=O)NC(=O)CC2NC(=O)C(NC(=O)CCC(C)C)C(O)c3ccc(c(Cl)c3)Oc3cc4cc(c3OC3OC(CO)C(O)C(O)C3O)Oc3ccc(cc3Cl)C(O)CC(=O)NC(C(=O)NC3C5CC6CC7CC3C675)c3cc(O)cc5c3-c3cc(ccc3C5(O)O)C(C(N)=O)NC(=O)C4NC2=O)cc1. The van der Waals surface area contributed by atoms with Crippen molar-refractivity contribution in [3.8, 4) is 51.4 Å². The number of aliphatic hydroxyl groups excluding tert-OH is 6. The van der Waals surface area contributed by atoms with E-state index in [1.165, 1.54) is 49.6 Å². The largest absolute Gasteiger partial charge is 0.508 e. The van der Waals surface area contributed by atoms with Gasteiger partial charge < -0.3 is 117 Å². The minimum absolute atomic E-state index is 0.0462. The average Bonchev–Trinajstić information content (AvgIpc) is 1.24. The topological polar surface area (TPSA) is 528 Å². The molecule has 5 fully saturated rings. The second-order valence-electron chi connectivity index (χ2n) is 30.7. The summed E-state index contributed by atoms with van der Waals surface area (Å²) in [5, 5.41) is 119. The number of methoxy groups -OCH3 is 1. The Balaban J connectivity index is 0.918. The number of rotatable bonds is 21. The monoisotopic (exact) mass is 1660 g/mol. The number of benzene rings is 6. The van der Waals surface area contributed by atoms with Crippen LogP contribution in [0.5, 0.6) is 40.2 Å². The highest BCUT2D eigenvalue weighted by Crippen LogP contribution is 2.87. The van der Waals surface area contributed by atoms with Crippen molar-refractivity contribution in [1.29, 1.82) is 0 Å². The fraction of sp³-hybridized carbons (Fsp3) is 0.443. The number of fused-ring (bicyclic) bond motifs is 16. The summed E-state index contributed by atoms with van der Waals surface area (Å²) < 4.78 is 71.5. The molecule has 18 N–H and O–H groups in total. The molecule has 16 rings (SSSR count). The molecular formula is C79H86Cl2N8O26S. The number of hydrogen-bond donors (Lipinski definition) is 17. The number of nitrogens with two attached hydrogens (primary N) is 1. The lowest BCUT2D eigenvalue weighted by Crippen LogP contribution is -2.88. The molecule has 0 radical (unpaired) electrons. The average molecular weight is 1670 g/mol. The number of phenolic OH excluding ortho intramolecular Hbond substituents is 1. The molecule has 6 aromatic carbocycles. The molecule has 618 valence electrons. The van der Waals surface area contributed by atoms with E-state index in [0.717, 1.165) is 79.9 Å². The summed E-state index contributed by atoms with van der Waals surface area (Å²) in [6, 6.07) is 8.23. The van der Waals surface area contributed by atoms with E-state index in [9.17, 15) is 73.6 Å². The Morgan fingerprint density at radius 2 is 1.34 bits per heavy atom. The van der Waals surface area contributed by atoms with Crippen molar-refractivity contribution >= 4 is 80.5 Å². The van der Waals surface area contributed by atoms with Gasteiger partial charge in [-0.05, 0) is 178 Å². The van der Waals surface area contributed by atoms with Crippen LogP contribution < -0.4 is 61.3 Å². The first-order valence-corrected chi connectivity index (χ1v) is 39.8. The molecule has 34 nitrogen and oxygen atoms in total. The molecule has 1 spiro atoms. The third-order valence-corrected chi connectivity index (χ3v) is 25.2. The number of carbonyl (C=O) groups excluding carboxylic acids is 8. The van der Waals surface area contributed by atoms with Crippen LogP contribution in [-0.2, 0) is 68.4 Å². The summed E-state index contributed by atoms with van der Waals surface area (Å²) in [5.41, 5.74) is 4.06. The van der Waals surface area contributed by atoms with Crippen molar-refractivity contribution in [2.45, 2.75) is 149 Å². The zero-order chi connectivity index (χ0) is 82.9. The molecule has 5 aliphatic carbocycles. The lowest BCUT2D eigenvalue weighted by atomic mass is 9.17. The van der Waals surface area contributed by atoms with E-state index in [1.54, 1.807) is 0 Å². The number of aliphatic hydroxyl groups is 8. The molecular weight excluding hydrogens is 1580 g/mol. The van der Waals surface area contributed by atoms with E-state index in [2.05, 4.69) is 31.9 Å². The molecule has 16 unspecified atom stereocenters. The third-order valence-electron chi connectivity index (χ3n) is 23.2. The number of amides is 8. The molecule has 10 aliphatic rings. The van der Waals surface area contributed by atoms with Crippen LogP contribution in [0.3, 0.4) is 0 Å². The molecule has 1 saturated heterocycles. The Hall–Kier alpha value is -9.83. The molecule has 5 aliphatic heterocycles. The summed E-state index contributed by atoms with van der Waals surface area (Å²) in [7, 11) is -3.41. The van der Waals surface area contributed by atoms with Crippen LogP contribution in [0.2, 0.25) is 10.0 Å². The Bertz CT molecular complexity index is 5000. The Labute approximate surface area is 672 Å². The lowest BCUT2D eigenvalue weighted by molar-refractivity contribution is -0.390. The van der Waals surface area contributed by atoms with Gasteiger partial charge in [0.05, 0.1) is 60.3 Å². The summed E-state index contributed by atoms with van der Waals surface area (Å²) in [6.07, 6.45) is -13.2. The van der Waals surface area contributed by atoms with E-state index in [1.807, 2.05) is 18.6 Å². The van der Waals surface area contributed by atoms with Crippen molar-refractivity contribution in [1.82, 2.24) is 36.6 Å². The van der Waals surface area contributed by atoms with Crippen molar-refractivity contribution in [2.24, 2.45) is 40.7 Å². The summed E-state index contributed by atoms with van der Waals surface area (Å²) >= 11 is 14.1. The zero-order valence-electron chi connectivity index (χ0n) is 62.4. The minimum Gasteiger partial charge on any atom is -0.508 e. The molecule has 37 heteroatoms. The quantitative estimate of drug-likeness (QED) is 0.0363. The zero-order valence-corrected chi connectivity index (χ0v) is 64.7. The van der Waals surface area contributed by atoms with E-state index < -0.39 is 200 Å². The Morgan fingerprint density at radius 3 is 1.97 bits per heavy atom. The maximum absolute atomic E-state index is 16.2. The van der Waals surface area contributed by atoms with Crippen LogP contribution in [0.15, 0.2) is 108 Å². The van der Waals surface area contributed by atoms with Crippen LogP contribution in [-0.4, -0.2) is 191 Å². The number of aromatic hydroxyl groups is 1. The van der Waals surface area contributed by atoms with E-state index >= 15 is 19.2 Å². The highest BCUT2D eigenvalue weighted by atomic mass is 35.5. The summed E-state index contributed by atoms with van der Waals surface area (Å²) in [4.78, 5) is 119. The molecule has 16 atom stereocenters. The van der Waals surface area contributed by atoms with Crippen LogP contribution in [0.25, 0.3) is 11.1 Å². The first-order valence-electron chi connectivity index (χ1n) is 37.6. The molecule has 116 heavy (non-hydrogen) atoms. The number of ether oxygens (including phenoxy) is 7. The second kappa shape index (κ2) is 32.9. The smallest absolute Gasteiger partial charge is 0.264 e. The maximum atomic E-state index is 16.2. The van der Waals surface area contributed by atoms with Crippen LogP contribution in [0.1, 0.15) is 128 Å². The van der Waals surface area contributed by atoms with Gasteiger partial charge in [0.2, 0.25) is 65.1 Å². The van der Waals surface area contributed by atoms with Gasteiger partial charge in [0.1, 0.15) is 90.3 Å². The van der Waals surface area contributed by atoms with Crippen molar-refractivity contribution in [3.05, 3.63) is 152 Å². The number of sulfonamides is 1. The number of halogens is 2. The highest BCUT2D eigenvalue weighted by molar-refractivity contribution is 7.90. The fourth-order valence-corrected chi connectivity index (χ4v) is 18.8. The van der Waals surface area contributed by atoms with E-state index in [-0.39, 0.29) is 123 Å². The minimum atomic E-state index is -4.91. The molecule has 6 aromatic rings. The highest BCUT2D eigenvalue weighted by Gasteiger charge is 2.84. The number of hydrogen-bond acceptors (Lipinski definition) is 26. The first-order chi connectivity index (χ1) is 55.2. The molecule has 5 heterocycles. The van der Waals surface area contributed by atoms with Crippen LogP contribution in [0.4, 0.5) is 0 Å². The van der Waals surface area contributed by atoms with E-state index in [0.29, 0.717) is 18.4 Å². The van der Waals surface area contributed by atoms with E-state index in [4.69, 9.17) is 62.1 Å². The Kier molecular flexibility index (Phi) is 23.5. The van der Waals surface area contributed by atoms with Crippen molar-refractivity contribution < 1.29 is 126 Å². The lowest BCUT2D eigenvalue weighted by Gasteiger charge is -2.88. The molecule has 8 amide bonds. The number of nitrogens with one attached hydrogen (secondary N) is 7. The van der Waals surface area contributed by atoms with Gasteiger partial charge in [-0.1, -0.05) is 61.3 Å². The second-order valence-corrected chi connectivity index (χ2v) is 33.2. The summed E-state index contributed by atoms with van der Waals surface area (Å²) in [6.45, 7) is 3.42. The third kappa shape index (κ3) is 15.8. The normalized spacial score (nSPS) is 28.7. The standard InChI is InChI=1S/C79H86Cl2N8O26S/c1-33(2)4-15-58(93)84-66-67(96)36-7-14-54(50(81)22-36)113-56-24-37-23-55(71(56)115-77-70(99)69(98)68(97)57(32-90)114-77)112-53-13-6-34(21-49(53)80)52(92)31-59(94)85-64(75(103)88-65-47-26-38-25-39-27-48(65)78(38,39)47)44-28-40(91)29-46-61(44)43-20-35(5-12-45(43)79(46,105)106)62(72(82)100)86-74(102)63(37)87-73(101)51(83-76(66)104)30-60(95)89-116(107,108)42-10-8-41(9-11-42)111-19-18-110-17-16-109-3/h5-14,20-24,28-29,33,38-39,47-48,51-52,57,62-70,77,90-92,96-99,105-106H,4,15-19,25-27,30-32H2,1-3H3,(H2,82,100)(H,83,104)(H,84,93)(H,85,94)(H,86,102)(H,87,101)(H,88,103)(H,89,95). The van der Waals surface area contributed by atoms with Crippen LogP contribution in [0, 0.1) is 35.0 Å². The fourth-order valence-electron chi connectivity index (χ4n) is 17.3. The van der Waals surface area contributed by atoms with Gasteiger partial charge in [-0.25, -0.2) is 13.1 Å².